The van der Waals surface area contributed by atoms with Crippen molar-refractivity contribution in [2.45, 2.75) is 25.3 Å². The number of amides is 1. The first-order valence-electron chi connectivity index (χ1n) is 7.94. The summed E-state index contributed by atoms with van der Waals surface area (Å²) in [4.78, 5) is 16.5. The smallest absolute Gasteiger partial charge is 0.221 e. The second-order valence-electron chi connectivity index (χ2n) is 6.17. The van der Waals surface area contributed by atoms with Crippen molar-refractivity contribution in [2.24, 2.45) is 0 Å². The van der Waals surface area contributed by atoms with Crippen LogP contribution < -0.4 is 5.32 Å². The van der Waals surface area contributed by atoms with Crippen molar-refractivity contribution < 1.29 is 9.18 Å². The van der Waals surface area contributed by atoms with Gasteiger partial charge in [0.2, 0.25) is 5.91 Å². The van der Waals surface area contributed by atoms with Crippen molar-refractivity contribution in [1.29, 1.82) is 0 Å². The number of benzene rings is 1. The van der Waals surface area contributed by atoms with E-state index in [-0.39, 0.29) is 11.7 Å². The topological polar surface area (TPSA) is 35.6 Å². The van der Waals surface area contributed by atoms with Gasteiger partial charge < -0.3 is 15.1 Å². The normalized spacial score (nSPS) is 18.8. The molecule has 1 aliphatic rings. The highest BCUT2D eigenvalue weighted by molar-refractivity contribution is 5.76. The molecular formula is C17H26FN3O. The molecule has 1 fully saturated rings. The summed E-state index contributed by atoms with van der Waals surface area (Å²) in [6, 6.07) is 7.07. The van der Waals surface area contributed by atoms with Crippen molar-refractivity contribution in [1.82, 2.24) is 15.1 Å². The Kier molecular flexibility index (Phi) is 6.34. The number of hydrogen-bond donors (Lipinski definition) is 1. The van der Waals surface area contributed by atoms with Crippen LogP contribution in [-0.2, 0) is 11.2 Å². The van der Waals surface area contributed by atoms with E-state index in [0.717, 1.165) is 25.2 Å². The molecule has 22 heavy (non-hydrogen) atoms. The fraction of sp³-hybridized carbons (Fsp3) is 0.588. The van der Waals surface area contributed by atoms with E-state index in [2.05, 4.69) is 29.2 Å². The first-order chi connectivity index (χ1) is 10.5. The summed E-state index contributed by atoms with van der Waals surface area (Å²) in [6.07, 6.45) is 2.35. The van der Waals surface area contributed by atoms with Crippen LogP contribution in [0.3, 0.4) is 0 Å². The van der Waals surface area contributed by atoms with Crippen LogP contribution >= 0.6 is 0 Å². The standard InChI is InChI=1S/C17H26FN3O/c1-20-10-7-16(13-20)21(2)11-8-17(22)19-9-6-14-4-3-5-15(18)12-14/h3-5,12,16H,6-11,13H2,1-2H3,(H,19,22). The van der Waals surface area contributed by atoms with Crippen LogP contribution in [0.1, 0.15) is 18.4 Å². The number of carbonyl (C=O) groups excluding carboxylic acids is 1. The van der Waals surface area contributed by atoms with Crippen molar-refractivity contribution in [3.63, 3.8) is 0 Å². The minimum atomic E-state index is -0.230. The van der Waals surface area contributed by atoms with Gasteiger partial charge in [-0.15, -0.1) is 0 Å². The van der Waals surface area contributed by atoms with Crippen molar-refractivity contribution in [3.05, 3.63) is 35.6 Å². The molecule has 0 aromatic heterocycles. The Morgan fingerprint density at radius 3 is 3.00 bits per heavy atom. The number of nitrogens with one attached hydrogen (secondary N) is 1. The lowest BCUT2D eigenvalue weighted by Gasteiger charge is -2.23. The molecule has 0 spiro atoms. The minimum Gasteiger partial charge on any atom is -0.356 e. The van der Waals surface area contributed by atoms with Crippen LogP contribution in [0.4, 0.5) is 4.39 Å². The molecular weight excluding hydrogens is 281 g/mol. The van der Waals surface area contributed by atoms with E-state index >= 15 is 0 Å². The maximum absolute atomic E-state index is 13.0. The van der Waals surface area contributed by atoms with E-state index in [9.17, 15) is 9.18 Å². The zero-order valence-corrected chi connectivity index (χ0v) is 13.5. The first kappa shape index (κ1) is 16.9. The molecule has 0 radical (unpaired) electrons. The maximum atomic E-state index is 13.0. The van der Waals surface area contributed by atoms with Gasteiger partial charge >= 0.3 is 0 Å². The van der Waals surface area contributed by atoms with Gasteiger partial charge in [0, 0.05) is 32.1 Å². The van der Waals surface area contributed by atoms with E-state index in [0.29, 0.717) is 25.4 Å². The fourth-order valence-corrected chi connectivity index (χ4v) is 2.86. The molecule has 0 saturated carbocycles. The van der Waals surface area contributed by atoms with Crippen LogP contribution in [0.15, 0.2) is 24.3 Å². The highest BCUT2D eigenvalue weighted by Gasteiger charge is 2.23. The van der Waals surface area contributed by atoms with Gasteiger partial charge in [-0.25, -0.2) is 4.39 Å². The molecule has 1 N–H and O–H groups in total. The molecule has 1 unspecified atom stereocenters. The molecule has 122 valence electrons. The van der Waals surface area contributed by atoms with Crippen molar-refractivity contribution in [3.8, 4) is 0 Å². The molecule has 0 aliphatic carbocycles. The van der Waals surface area contributed by atoms with Gasteiger partial charge in [0.25, 0.3) is 0 Å². The number of carbonyl (C=O) groups is 1. The quantitative estimate of drug-likeness (QED) is 0.829. The number of nitrogens with zero attached hydrogens (tertiary/aromatic N) is 2. The summed E-state index contributed by atoms with van der Waals surface area (Å²) in [6.45, 7) is 3.55. The van der Waals surface area contributed by atoms with Crippen LogP contribution in [0.2, 0.25) is 0 Å². The Morgan fingerprint density at radius 2 is 2.32 bits per heavy atom. The summed E-state index contributed by atoms with van der Waals surface area (Å²) in [5, 5.41) is 2.91. The second-order valence-corrected chi connectivity index (χ2v) is 6.17. The zero-order valence-electron chi connectivity index (χ0n) is 13.5. The lowest BCUT2D eigenvalue weighted by Crippen LogP contribution is -2.37. The van der Waals surface area contributed by atoms with Gasteiger partial charge in [0.1, 0.15) is 5.82 Å². The summed E-state index contributed by atoms with van der Waals surface area (Å²) < 4.78 is 13.0. The van der Waals surface area contributed by atoms with Crippen LogP contribution in [-0.4, -0.2) is 62.0 Å². The summed E-state index contributed by atoms with van der Waals surface area (Å²) >= 11 is 0. The first-order valence-corrected chi connectivity index (χ1v) is 7.94. The van der Waals surface area contributed by atoms with E-state index in [1.165, 1.54) is 18.6 Å². The van der Waals surface area contributed by atoms with Crippen molar-refractivity contribution in [2.75, 3.05) is 40.3 Å². The molecule has 5 heteroatoms. The summed E-state index contributed by atoms with van der Waals surface area (Å²) in [5.74, 6) is -0.165. The van der Waals surface area contributed by atoms with Gasteiger partial charge in [0.05, 0.1) is 0 Å². The largest absolute Gasteiger partial charge is 0.356 e. The van der Waals surface area contributed by atoms with Gasteiger partial charge in [0.15, 0.2) is 0 Å². The molecule has 2 rings (SSSR count). The van der Waals surface area contributed by atoms with E-state index in [1.807, 2.05) is 6.07 Å². The summed E-state index contributed by atoms with van der Waals surface area (Å²) in [7, 11) is 4.22. The number of rotatable bonds is 7. The predicted molar refractivity (Wildman–Crippen MR) is 86.3 cm³/mol. The van der Waals surface area contributed by atoms with Gasteiger partial charge in [-0.3, -0.25) is 4.79 Å². The van der Waals surface area contributed by atoms with Crippen LogP contribution in [0, 0.1) is 5.82 Å². The van der Waals surface area contributed by atoms with Gasteiger partial charge in [-0.05, 0) is 51.2 Å². The van der Waals surface area contributed by atoms with E-state index in [4.69, 9.17) is 0 Å². The number of likely N-dealkylation sites (N-methyl/N-ethyl adjacent to an activating group) is 2. The molecule has 1 aliphatic heterocycles. The Hall–Kier alpha value is -1.46. The van der Waals surface area contributed by atoms with Gasteiger partial charge in [-0.1, -0.05) is 12.1 Å². The minimum absolute atomic E-state index is 0.0644. The Labute approximate surface area is 132 Å². The van der Waals surface area contributed by atoms with Crippen LogP contribution in [0.25, 0.3) is 0 Å². The third-order valence-corrected chi connectivity index (χ3v) is 4.31. The third kappa shape index (κ3) is 5.39. The average molecular weight is 307 g/mol. The molecule has 1 amide bonds. The summed E-state index contributed by atoms with van der Waals surface area (Å²) in [5.41, 5.74) is 0.909. The highest BCUT2D eigenvalue weighted by Crippen LogP contribution is 2.12. The fourth-order valence-electron chi connectivity index (χ4n) is 2.86. The number of halogens is 1. The van der Waals surface area contributed by atoms with E-state index in [1.54, 1.807) is 6.07 Å². The molecule has 1 heterocycles. The molecule has 1 aromatic carbocycles. The molecule has 4 nitrogen and oxygen atoms in total. The molecule has 1 atom stereocenters. The zero-order chi connectivity index (χ0) is 15.9. The predicted octanol–water partition coefficient (Wildman–Crippen LogP) is 1.51. The van der Waals surface area contributed by atoms with Crippen molar-refractivity contribution >= 4 is 5.91 Å². The Bertz CT molecular complexity index is 495. The monoisotopic (exact) mass is 307 g/mol. The lowest BCUT2D eigenvalue weighted by molar-refractivity contribution is -0.121. The molecule has 1 saturated heterocycles. The van der Waals surface area contributed by atoms with E-state index < -0.39 is 0 Å². The SMILES string of the molecule is CN1CCC(N(C)CCC(=O)NCCc2cccc(F)c2)C1. The Morgan fingerprint density at radius 1 is 1.50 bits per heavy atom. The Balaban J connectivity index is 1.61. The molecule has 1 aromatic rings. The lowest BCUT2D eigenvalue weighted by atomic mass is 10.1. The highest BCUT2D eigenvalue weighted by atomic mass is 19.1. The average Bonchev–Trinajstić information content (AvgIpc) is 2.91. The van der Waals surface area contributed by atoms with Gasteiger partial charge in [-0.2, -0.15) is 0 Å². The number of likely N-dealkylation sites (tertiary alicyclic amines) is 1. The van der Waals surface area contributed by atoms with Crippen LogP contribution in [0.5, 0.6) is 0 Å². The molecule has 0 bridgehead atoms. The second kappa shape index (κ2) is 8.25. The maximum Gasteiger partial charge on any atom is 0.221 e. The third-order valence-electron chi connectivity index (χ3n) is 4.31. The number of hydrogen-bond acceptors (Lipinski definition) is 3.